The van der Waals surface area contributed by atoms with Crippen LogP contribution in [0, 0.1) is 0 Å². The van der Waals surface area contributed by atoms with Crippen molar-refractivity contribution >= 4 is 0 Å². The van der Waals surface area contributed by atoms with Gasteiger partial charge in [-0.25, -0.2) is 0 Å². The Labute approximate surface area is 114 Å². The van der Waals surface area contributed by atoms with E-state index in [4.69, 9.17) is 0 Å². The minimum atomic E-state index is -4.01. The van der Waals surface area contributed by atoms with Crippen LogP contribution >= 0.6 is 0 Å². The fraction of sp³-hybridized carbons (Fsp3) is 1.00. The highest BCUT2D eigenvalue weighted by Gasteiger charge is 2.30. The van der Waals surface area contributed by atoms with Crippen LogP contribution in [-0.4, -0.2) is 42.3 Å². The summed E-state index contributed by atoms with van der Waals surface area (Å²) in [4.78, 5) is 2.40. The Hall–Kier alpha value is -0.290. The molecular formula is C14H27F3N2. The van der Waals surface area contributed by atoms with Gasteiger partial charge in [0.05, 0.1) is 0 Å². The van der Waals surface area contributed by atoms with Gasteiger partial charge in [0.1, 0.15) is 0 Å². The van der Waals surface area contributed by atoms with E-state index in [0.29, 0.717) is 18.5 Å². The van der Waals surface area contributed by atoms with Crippen molar-refractivity contribution in [2.24, 2.45) is 0 Å². The van der Waals surface area contributed by atoms with Gasteiger partial charge in [0.2, 0.25) is 0 Å². The smallest absolute Gasteiger partial charge is 0.311 e. The minimum Gasteiger partial charge on any atom is -0.311 e. The summed E-state index contributed by atoms with van der Waals surface area (Å²) < 4.78 is 36.6. The first kappa shape index (κ1) is 16.8. The zero-order chi connectivity index (χ0) is 14.5. The van der Waals surface area contributed by atoms with Crippen LogP contribution in [0.3, 0.4) is 0 Å². The van der Waals surface area contributed by atoms with E-state index >= 15 is 0 Å². The molecule has 1 N–H and O–H groups in total. The summed E-state index contributed by atoms with van der Waals surface area (Å²) >= 11 is 0. The van der Waals surface area contributed by atoms with Crippen LogP contribution in [0.25, 0.3) is 0 Å². The number of hydrogen-bond acceptors (Lipinski definition) is 2. The van der Waals surface area contributed by atoms with E-state index in [1.54, 1.807) is 0 Å². The molecule has 3 atom stereocenters. The number of halogens is 3. The molecule has 3 unspecified atom stereocenters. The molecule has 1 aliphatic heterocycles. The van der Waals surface area contributed by atoms with E-state index in [9.17, 15) is 13.2 Å². The van der Waals surface area contributed by atoms with E-state index in [0.717, 1.165) is 25.9 Å². The first-order chi connectivity index (χ1) is 8.87. The molecule has 2 nitrogen and oxygen atoms in total. The SMILES string of the molecule is CCC1CN(C(C)CCCC(F)(F)F)C(CC)CN1. The summed E-state index contributed by atoms with van der Waals surface area (Å²) in [6.07, 6.45) is -1.68. The summed E-state index contributed by atoms with van der Waals surface area (Å²) in [5, 5.41) is 3.51. The summed E-state index contributed by atoms with van der Waals surface area (Å²) in [5.41, 5.74) is 0. The lowest BCUT2D eigenvalue weighted by molar-refractivity contribution is -0.136. The second-order valence-electron chi connectivity index (χ2n) is 5.63. The maximum atomic E-state index is 12.2. The molecule has 0 radical (unpaired) electrons. The molecular weight excluding hydrogens is 253 g/mol. The number of nitrogens with zero attached hydrogens (tertiary/aromatic N) is 1. The molecule has 0 amide bonds. The monoisotopic (exact) mass is 280 g/mol. The number of hydrogen-bond donors (Lipinski definition) is 1. The molecule has 0 spiro atoms. The summed E-state index contributed by atoms with van der Waals surface area (Å²) in [6.45, 7) is 8.28. The standard InChI is InChI=1S/C14H27F3N2/c1-4-12-10-19(13(5-2)9-18-12)11(3)7-6-8-14(15,16)17/h11-13,18H,4-10H2,1-3H3. The highest BCUT2D eigenvalue weighted by atomic mass is 19.4. The maximum Gasteiger partial charge on any atom is 0.389 e. The predicted molar refractivity (Wildman–Crippen MR) is 72.2 cm³/mol. The molecule has 1 saturated heterocycles. The van der Waals surface area contributed by atoms with E-state index < -0.39 is 12.6 Å². The van der Waals surface area contributed by atoms with E-state index in [1.807, 2.05) is 0 Å². The average molecular weight is 280 g/mol. The van der Waals surface area contributed by atoms with Gasteiger partial charge in [-0.05, 0) is 32.6 Å². The van der Waals surface area contributed by atoms with E-state index in [2.05, 4.69) is 31.0 Å². The molecule has 1 heterocycles. The normalized spacial score (nSPS) is 27.5. The molecule has 0 saturated carbocycles. The summed E-state index contributed by atoms with van der Waals surface area (Å²) in [7, 11) is 0. The first-order valence-corrected chi connectivity index (χ1v) is 7.43. The van der Waals surface area contributed by atoms with Crippen LogP contribution in [0.1, 0.15) is 52.9 Å². The van der Waals surface area contributed by atoms with Gasteiger partial charge >= 0.3 is 6.18 Å². The Morgan fingerprint density at radius 3 is 2.47 bits per heavy atom. The molecule has 0 aromatic carbocycles. The van der Waals surface area contributed by atoms with Gasteiger partial charge < -0.3 is 5.32 Å². The molecule has 0 aliphatic carbocycles. The molecule has 0 aromatic heterocycles. The van der Waals surface area contributed by atoms with Crippen molar-refractivity contribution in [2.45, 2.75) is 77.2 Å². The van der Waals surface area contributed by atoms with Crippen LogP contribution in [0.5, 0.6) is 0 Å². The van der Waals surface area contributed by atoms with Crippen molar-refractivity contribution in [1.29, 1.82) is 0 Å². The van der Waals surface area contributed by atoms with E-state index in [1.165, 1.54) is 0 Å². The van der Waals surface area contributed by atoms with Crippen molar-refractivity contribution in [3.05, 3.63) is 0 Å². The number of rotatable bonds is 6. The zero-order valence-electron chi connectivity index (χ0n) is 12.3. The second kappa shape index (κ2) is 7.48. The minimum absolute atomic E-state index is 0.238. The highest BCUT2D eigenvalue weighted by molar-refractivity contribution is 4.87. The molecule has 1 rings (SSSR count). The largest absolute Gasteiger partial charge is 0.389 e. The van der Waals surface area contributed by atoms with Crippen molar-refractivity contribution in [3.8, 4) is 0 Å². The Balaban J connectivity index is 2.44. The quantitative estimate of drug-likeness (QED) is 0.800. The number of nitrogens with one attached hydrogen (secondary N) is 1. The van der Waals surface area contributed by atoms with Gasteiger partial charge in [-0.1, -0.05) is 13.8 Å². The summed E-state index contributed by atoms with van der Waals surface area (Å²) in [5.74, 6) is 0. The molecule has 1 aliphatic rings. The maximum absolute atomic E-state index is 12.2. The van der Waals surface area contributed by atoms with Gasteiger partial charge in [0.25, 0.3) is 0 Å². The van der Waals surface area contributed by atoms with Gasteiger partial charge in [0, 0.05) is 37.6 Å². The van der Waals surface area contributed by atoms with Crippen molar-refractivity contribution < 1.29 is 13.2 Å². The lowest BCUT2D eigenvalue weighted by Gasteiger charge is -2.43. The molecule has 19 heavy (non-hydrogen) atoms. The van der Waals surface area contributed by atoms with Crippen molar-refractivity contribution in [3.63, 3.8) is 0 Å². The van der Waals surface area contributed by atoms with Crippen LogP contribution in [-0.2, 0) is 0 Å². The van der Waals surface area contributed by atoms with Crippen molar-refractivity contribution in [1.82, 2.24) is 10.2 Å². The Morgan fingerprint density at radius 1 is 1.26 bits per heavy atom. The fourth-order valence-electron chi connectivity index (χ4n) is 2.84. The third-order valence-electron chi connectivity index (χ3n) is 4.15. The predicted octanol–water partition coefficient (Wildman–Crippen LogP) is 3.57. The lowest BCUT2D eigenvalue weighted by atomic mass is 10.00. The fourth-order valence-corrected chi connectivity index (χ4v) is 2.84. The van der Waals surface area contributed by atoms with Gasteiger partial charge in [-0.3, -0.25) is 4.90 Å². The summed E-state index contributed by atoms with van der Waals surface area (Å²) in [6, 6.07) is 1.18. The van der Waals surface area contributed by atoms with Crippen molar-refractivity contribution in [2.75, 3.05) is 13.1 Å². The molecule has 0 aromatic rings. The Bertz CT molecular complexity index is 256. The lowest BCUT2D eigenvalue weighted by Crippen LogP contribution is -2.58. The Kier molecular flexibility index (Phi) is 6.60. The molecule has 5 heteroatoms. The average Bonchev–Trinajstić information content (AvgIpc) is 2.36. The first-order valence-electron chi connectivity index (χ1n) is 7.43. The zero-order valence-corrected chi connectivity index (χ0v) is 12.3. The molecule has 1 fully saturated rings. The van der Waals surface area contributed by atoms with Crippen LogP contribution < -0.4 is 5.32 Å². The third-order valence-corrected chi connectivity index (χ3v) is 4.15. The van der Waals surface area contributed by atoms with Crippen LogP contribution in [0.4, 0.5) is 13.2 Å². The molecule has 114 valence electrons. The van der Waals surface area contributed by atoms with Gasteiger partial charge in [-0.2, -0.15) is 13.2 Å². The topological polar surface area (TPSA) is 15.3 Å². The number of alkyl halides is 3. The van der Waals surface area contributed by atoms with Crippen LogP contribution in [0.2, 0.25) is 0 Å². The highest BCUT2D eigenvalue weighted by Crippen LogP contribution is 2.25. The molecule has 0 bridgehead atoms. The number of piperazine rings is 1. The van der Waals surface area contributed by atoms with E-state index in [-0.39, 0.29) is 12.5 Å². The Morgan fingerprint density at radius 2 is 1.95 bits per heavy atom. The third kappa shape index (κ3) is 5.69. The van der Waals surface area contributed by atoms with Gasteiger partial charge in [-0.15, -0.1) is 0 Å². The van der Waals surface area contributed by atoms with Crippen LogP contribution in [0.15, 0.2) is 0 Å². The second-order valence-corrected chi connectivity index (χ2v) is 5.63. The van der Waals surface area contributed by atoms with Gasteiger partial charge in [0.15, 0.2) is 0 Å².